The van der Waals surface area contributed by atoms with Gasteiger partial charge in [0.25, 0.3) is 5.91 Å². The average Bonchev–Trinajstić information content (AvgIpc) is 2.61. The third-order valence-corrected chi connectivity index (χ3v) is 4.08. The average molecular weight is 346 g/mol. The van der Waals surface area contributed by atoms with Crippen molar-refractivity contribution in [2.24, 2.45) is 0 Å². The molecule has 94 valence electrons. The predicted molar refractivity (Wildman–Crippen MR) is 78.7 cm³/mol. The summed E-state index contributed by atoms with van der Waals surface area (Å²) in [4.78, 5) is 12.0. The van der Waals surface area contributed by atoms with Gasteiger partial charge in [0.1, 0.15) is 4.32 Å². The second-order valence-corrected chi connectivity index (χ2v) is 5.97. The van der Waals surface area contributed by atoms with Crippen LogP contribution in [0, 0.1) is 0 Å². The SMILES string of the molecule is COc1cc(C=C2SC(=S)NC2=O)c(Br)cc1O. The molecular weight excluding hydrogens is 338 g/mol. The number of hydrogen-bond acceptors (Lipinski definition) is 5. The Hall–Kier alpha value is -1.05. The topological polar surface area (TPSA) is 58.6 Å². The number of amides is 1. The molecule has 0 aromatic heterocycles. The highest BCUT2D eigenvalue weighted by molar-refractivity contribution is 9.10. The number of rotatable bonds is 2. The van der Waals surface area contributed by atoms with Crippen molar-refractivity contribution in [2.45, 2.75) is 0 Å². The number of hydrogen-bond donors (Lipinski definition) is 2. The van der Waals surface area contributed by atoms with E-state index in [-0.39, 0.29) is 11.7 Å². The molecule has 0 saturated carbocycles. The second-order valence-electron chi connectivity index (χ2n) is 3.40. The zero-order valence-corrected chi connectivity index (χ0v) is 12.4. The van der Waals surface area contributed by atoms with Crippen molar-refractivity contribution in [3.63, 3.8) is 0 Å². The minimum atomic E-state index is -0.219. The quantitative estimate of drug-likeness (QED) is 0.637. The molecule has 2 N–H and O–H groups in total. The van der Waals surface area contributed by atoms with Gasteiger partial charge in [-0.3, -0.25) is 4.79 Å². The maximum Gasteiger partial charge on any atom is 0.263 e. The van der Waals surface area contributed by atoms with Gasteiger partial charge in [-0.1, -0.05) is 39.9 Å². The Morgan fingerprint density at radius 3 is 2.83 bits per heavy atom. The van der Waals surface area contributed by atoms with E-state index in [0.717, 1.165) is 5.56 Å². The van der Waals surface area contributed by atoms with Gasteiger partial charge in [-0.05, 0) is 23.8 Å². The summed E-state index contributed by atoms with van der Waals surface area (Å²) in [6.07, 6.45) is 1.69. The smallest absolute Gasteiger partial charge is 0.263 e. The minimum absolute atomic E-state index is 0.0329. The molecule has 1 aromatic carbocycles. The molecule has 2 rings (SSSR count). The number of thiocarbonyl (C=S) groups is 1. The van der Waals surface area contributed by atoms with Crippen LogP contribution in [-0.2, 0) is 4.79 Å². The van der Waals surface area contributed by atoms with Crippen molar-refractivity contribution >= 4 is 56.2 Å². The van der Waals surface area contributed by atoms with E-state index in [0.29, 0.717) is 19.4 Å². The van der Waals surface area contributed by atoms with Crippen molar-refractivity contribution in [3.8, 4) is 11.5 Å². The fourth-order valence-electron chi connectivity index (χ4n) is 1.39. The summed E-state index contributed by atoms with van der Waals surface area (Å²) in [5.41, 5.74) is 0.729. The third-order valence-electron chi connectivity index (χ3n) is 2.23. The first kappa shape index (κ1) is 13.4. The number of methoxy groups -OCH3 is 1. The zero-order chi connectivity index (χ0) is 13.3. The van der Waals surface area contributed by atoms with E-state index in [2.05, 4.69) is 21.2 Å². The molecule has 18 heavy (non-hydrogen) atoms. The number of benzene rings is 1. The normalized spacial score (nSPS) is 17.1. The van der Waals surface area contributed by atoms with E-state index in [1.54, 1.807) is 12.1 Å². The van der Waals surface area contributed by atoms with Crippen LogP contribution in [0.25, 0.3) is 6.08 Å². The Labute approximate surface area is 122 Å². The minimum Gasteiger partial charge on any atom is -0.504 e. The lowest BCUT2D eigenvalue weighted by atomic mass is 10.2. The largest absolute Gasteiger partial charge is 0.504 e. The standard InChI is InChI=1S/C11H8BrNO3S2/c1-16-8-2-5(6(12)4-7(8)14)3-9-10(15)13-11(17)18-9/h2-4,14H,1H3,(H,13,15,17). The van der Waals surface area contributed by atoms with Crippen molar-refractivity contribution in [1.82, 2.24) is 5.32 Å². The summed E-state index contributed by atoms with van der Waals surface area (Å²) in [7, 11) is 1.46. The first-order valence-corrected chi connectivity index (χ1v) is 6.84. The van der Waals surface area contributed by atoms with E-state index in [1.165, 1.54) is 24.9 Å². The lowest BCUT2D eigenvalue weighted by molar-refractivity contribution is -0.115. The fraction of sp³-hybridized carbons (Fsp3) is 0.0909. The maximum absolute atomic E-state index is 11.5. The number of aromatic hydroxyl groups is 1. The number of ether oxygens (including phenoxy) is 1. The summed E-state index contributed by atoms with van der Waals surface area (Å²) in [5, 5.41) is 12.1. The summed E-state index contributed by atoms with van der Waals surface area (Å²) >= 11 is 9.43. The van der Waals surface area contributed by atoms with Crippen LogP contribution in [0.1, 0.15) is 5.56 Å². The number of halogens is 1. The van der Waals surface area contributed by atoms with Crippen molar-refractivity contribution in [1.29, 1.82) is 0 Å². The molecule has 0 radical (unpaired) electrons. The van der Waals surface area contributed by atoms with Gasteiger partial charge in [-0.25, -0.2) is 0 Å². The number of carbonyl (C=O) groups is 1. The fourth-order valence-corrected chi connectivity index (χ4v) is 2.88. The number of thioether (sulfide) groups is 1. The Kier molecular flexibility index (Phi) is 3.94. The van der Waals surface area contributed by atoms with Crippen LogP contribution in [0.15, 0.2) is 21.5 Å². The Morgan fingerprint density at radius 1 is 1.56 bits per heavy atom. The molecule has 0 unspecified atom stereocenters. The zero-order valence-electron chi connectivity index (χ0n) is 9.19. The molecule has 0 aliphatic carbocycles. The summed E-state index contributed by atoms with van der Waals surface area (Å²) in [6.45, 7) is 0. The van der Waals surface area contributed by atoms with Crippen LogP contribution in [0.5, 0.6) is 11.5 Å². The number of phenolic OH excluding ortho intramolecular Hbond substituents is 1. The molecule has 0 spiro atoms. The van der Waals surface area contributed by atoms with Gasteiger partial charge >= 0.3 is 0 Å². The first-order chi connectivity index (χ1) is 8.51. The Balaban J connectivity index is 2.43. The Bertz CT molecular complexity index is 572. The molecule has 0 atom stereocenters. The molecular formula is C11H8BrNO3S2. The van der Waals surface area contributed by atoms with Gasteiger partial charge in [0.15, 0.2) is 11.5 Å². The van der Waals surface area contributed by atoms with Crippen LogP contribution in [-0.4, -0.2) is 22.4 Å². The van der Waals surface area contributed by atoms with Crippen molar-refractivity contribution in [3.05, 3.63) is 27.1 Å². The van der Waals surface area contributed by atoms with Crippen LogP contribution in [0.4, 0.5) is 0 Å². The van der Waals surface area contributed by atoms with Crippen LogP contribution in [0.3, 0.4) is 0 Å². The number of nitrogens with one attached hydrogen (secondary N) is 1. The summed E-state index contributed by atoms with van der Waals surface area (Å²) in [6, 6.07) is 3.16. The third kappa shape index (κ3) is 2.68. The van der Waals surface area contributed by atoms with Crippen molar-refractivity contribution < 1.29 is 14.6 Å². The van der Waals surface area contributed by atoms with E-state index >= 15 is 0 Å². The molecule has 1 heterocycles. The van der Waals surface area contributed by atoms with Gasteiger partial charge in [0, 0.05) is 4.47 Å². The first-order valence-electron chi connectivity index (χ1n) is 4.82. The van der Waals surface area contributed by atoms with Crippen LogP contribution in [0.2, 0.25) is 0 Å². The van der Waals surface area contributed by atoms with Gasteiger partial charge < -0.3 is 15.2 Å². The van der Waals surface area contributed by atoms with E-state index < -0.39 is 0 Å². The predicted octanol–water partition coefficient (Wildman–Crippen LogP) is 2.65. The number of phenols is 1. The van der Waals surface area contributed by atoms with E-state index in [4.69, 9.17) is 17.0 Å². The highest BCUT2D eigenvalue weighted by Crippen LogP contribution is 2.35. The summed E-state index contributed by atoms with van der Waals surface area (Å²) < 4.78 is 6.12. The second kappa shape index (κ2) is 5.29. The Morgan fingerprint density at radius 2 is 2.28 bits per heavy atom. The van der Waals surface area contributed by atoms with E-state index in [9.17, 15) is 9.90 Å². The number of carbonyl (C=O) groups excluding carboxylic acids is 1. The molecule has 1 aliphatic rings. The molecule has 4 nitrogen and oxygen atoms in total. The van der Waals surface area contributed by atoms with Crippen LogP contribution >= 0.6 is 39.9 Å². The van der Waals surface area contributed by atoms with Gasteiger partial charge in [0.2, 0.25) is 0 Å². The highest BCUT2D eigenvalue weighted by Gasteiger charge is 2.22. The molecule has 1 fully saturated rings. The molecule has 0 bridgehead atoms. The molecule has 7 heteroatoms. The molecule has 1 amide bonds. The van der Waals surface area contributed by atoms with Crippen LogP contribution < -0.4 is 10.1 Å². The lowest BCUT2D eigenvalue weighted by Crippen LogP contribution is -2.17. The van der Waals surface area contributed by atoms with E-state index in [1.807, 2.05) is 0 Å². The van der Waals surface area contributed by atoms with Gasteiger partial charge in [-0.2, -0.15) is 0 Å². The molecule has 1 aromatic rings. The monoisotopic (exact) mass is 345 g/mol. The molecule has 1 saturated heterocycles. The highest BCUT2D eigenvalue weighted by atomic mass is 79.9. The maximum atomic E-state index is 11.5. The lowest BCUT2D eigenvalue weighted by Gasteiger charge is -2.06. The van der Waals surface area contributed by atoms with Crippen molar-refractivity contribution in [2.75, 3.05) is 7.11 Å². The summed E-state index contributed by atoms with van der Waals surface area (Å²) in [5.74, 6) is 0.158. The molecule has 1 aliphatic heterocycles. The van der Waals surface area contributed by atoms with Gasteiger partial charge in [0.05, 0.1) is 12.0 Å². The van der Waals surface area contributed by atoms with Gasteiger partial charge in [-0.15, -0.1) is 0 Å².